The average Bonchev–Trinajstić information content (AvgIpc) is 3.03. The summed E-state index contributed by atoms with van der Waals surface area (Å²) in [7, 11) is -2.37. The van der Waals surface area contributed by atoms with E-state index in [0.29, 0.717) is 6.10 Å². The number of ether oxygens (including phenoxy) is 1. The first kappa shape index (κ1) is 18.8. The largest absolute Gasteiger partial charge is 0.374 e. The van der Waals surface area contributed by atoms with E-state index in [9.17, 15) is 8.42 Å². The first-order valence-electron chi connectivity index (χ1n) is 8.71. The molecule has 0 saturated carbocycles. The zero-order valence-electron chi connectivity index (χ0n) is 15.4. The molecule has 2 aromatic carbocycles. The highest BCUT2D eigenvalue weighted by Gasteiger charge is 2.27. The third-order valence-electron chi connectivity index (χ3n) is 4.85. The van der Waals surface area contributed by atoms with E-state index in [4.69, 9.17) is 4.74 Å². The monoisotopic (exact) mass is 372 g/mol. The minimum atomic E-state index is -3.51. The highest BCUT2D eigenvalue weighted by atomic mass is 32.2. The van der Waals surface area contributed by atoms with Gasteiger partial charge in [-0.25, -0.2) is 0 Å². The van der Waals surface area contributed by atoms with E-state index >= 15 is 0 Å². The Morgan fingerprint density at radius 3 is 2.46 bits per heavy atom. The van der Waals surface area contributed by atoms with Crippen molar-refractivity contribution in [3.05, 3.63) is 70.8 Å². The quantitative estimate of drug-likeness (QED) is 0.744. The van der Waals surface area contributed by atoms with Gasteiger partial charge in [0.15, 0.2) is 0 Å². The fourth-order valence-corrected chi connectivity index (χ4v) is 4.04. The first-order chi connectivity index (χ1) is 12.4. The molecular formula is C21H24O4S. The summed E-state index contributed by atoms with van der Waals surface area (Å²) in [6.45, 7) is 4.94. The molecule has 26 heavy (non-hydrogen) atoms. The molecule has 2 aromatic rings. The fourth-order valence-electron chi connectivity index (χ4n) is 3.38. The predicted molar refractivity (Wildman–Crippen MR) is 102 cm³/mol. The first-order valence-corrected chi connectivity index (χ1v) is 10.1. The minimum Gasteiger partial charge on any atom is -0.374 e. The Labute approximate surface area is 155 Å². The molecule has 0 radical (unpaired) electrons. The van der Waals surface area contributed by atoms with Gasteiger partial charge in [-0.15, -0.1) is 0 Å². The van der Waals surface area contributed by atoms with E-state index in [1.54, 1.807) is 17.7 Å². The molecular weight excluding hydrogens is 348 g/mol. The Morgan fingerprint density at radius 1 is 1.08 bits per heavy atom. The van der Waals surface area contributed by atoms with Crippen LogP contribution in [0.5, 0.6) is 0 Å². The molecule has 4 nitrogen and oxygen atoms in total. The Kier molecular flexibility index (Phi) is 5.61. The number of hydrogen-bond donors (Lipinski definition) is 0. The maximum absolute atomic E-state index is 11.1. The molecule has 1 unspecified atom stereocenters. The molecule has 0 saturated heterocycles. The molecule has 1 aliphatic carbocycles. The van der Waals surface area contributed by atoms with Gasteiger partial charge in [0.2, 0.25) is 0 Å². The molecule has 0 amide bonds. The van der Waals surface area contributed by atoms with Crippen LogP contribution in [-0.4, -0.2) is 28.2 Å². The van der Waals surface area contributed by atoms with Crippen molar-refractivity contribution in [3.63, 3.8) is 0 Å². The number of rotatable bonds is 2. The van der Waals surface area contributed by atoms with Gasteiger partial charge in [-0.1, -0.05) is 42.0 Å². The molecule has 0 fully saturated rings. The smallest absolute Gasteiger partial charge is 0.296 e. The van der Waals surface area contributed by atoms with Gasteiger partial charge in [-0.3, -0.25) is 4.18 Å². The molecule has 1 atom stereocenters. The summed E-state index contributed by atoms with van der Waals surface area (Å²) in [6.07, 6.45) is 2.52. The summed E-state index contributed by atoms with van der Waals surface area (Å²) in [4.78, 5) is 0.190. The van der Waals surface area contributed by atoms with Gasteiger partial charge >= 0.3 is 0 Å². The van der Waals surface area contributed by atoms with Crippen LogP contribution in [0.15, 0.2) is 59.0 Å². The van der Waals surface area contributed by atoms with Crippen LogP contribution < -0.4 is 0 Å². The Morgan fingerprint density at radius 2 is 1.77 bits per heavy atom. The Bertz CT molecular complexity index is 911. The van der Waals surface area contributed by atoms with Crippen molar-refractivity contribution in [1.29, 1.82) is 0 Å². The predicted octanol–water partition coefficient (Wildman–Crippen LogP) is 4.14. The van der Waals surface area contributed by atoms with Crippen LogP contribution in [0, 0.1) is 6.92 Å². The molecule has 0 spiro atoms. The van der Waals surface area contributed by atoms with Crippen LogP contribution in [-0.2, 0) is 25.5 Å². The topological polar surface area (TPSA) is 52.6 Å². The van der Waals surface area contributed by atoms with Crippen LogP contribution >= 0.6 is 0 Å². The number of fused-ring (bicyclic) bond motifs is 2. The Hall–Kier alpha value is -1.95. The average molecular weight is 372 g/mol. The van der Waals surface area contributed by atoms with Gasteiger partial charge in [-0.05, 0) is 61.1 Å². The summed E-state index contributed by atoms with van der Waals surface area (Å²) >= 11 is 0. The van der Waals surface area contributed by atoms with Crippen molar-refractivity contribution in [3.8, 4) is 0 Å². The summed E-state index contributed by atoms with van der Waals surface area (Å²) in [5.74, 6) is 0. The van der Waals surface area contributed by atoms with Crippen LogP contribution in [0.1, 0.15) is 30.0 Å². The number of benzene rings is 2. The van der Waals surface area contributed by atoms with Crippen molar-refractivity contribution in [1.82, 2.24) is 0 Å². The van der Waals surface area contributed by atoms with E-state index in [1.807, 2.05) is 6.92 Å². The van der Waals surface area contributed by atoms with Crippen molar-refractivity contribution in [2.45, 2.75) is 37.7 Å². The van der Waals surface area contributed by atoms with E-state index < -0.39 is 10.1 Å². The van der Waals surface area contributed by atoms with Gasteiger partial charge in [0.05, 0.1) is 24.7 Å². The maximum atomic E-state index is 11.1. The minimum absolute atomic E-state index is 0.190. The highest BCUT2D eigenvalue weighted by Crippen LogP contribution is 2.39. The van der Waals surface area contributed by atoms with Gasteiger partial charge in [0.25, 0.3) is 10.1 Å². The summed E-state index contributed by atoms with van der Waals surface area (Å²) in [6, 6.07) is 15.2. The maximum Gasteiger partial charge on any atom is 0.296 e. The van der Waals surface area contributed by atoms with Gasteiger partial charge in [0.1, 0.15) is 0 Å². The standard InChI is InChI=1S/C13H14O.C8H10O3S/c1-9-13-8-10-4-2-3-5-11(10)12(13)6-7-14-9;1-7-3-5-8(6-4-7)12(9,10)11-2/h2-5,9H,6-8H2,1H3;3-6H,1-2H3. The number of aryl methyl sites for hydroxylation is 1. The lowest BCUT2D eigenvalue weighted by Gasteiger charge is -2.22. The molecule has 0 bridgehead atoms. The number of hydrogen-bond acceptors (Lipinski definition) is 4. The second-order valence-corrected chi connectivity index (χ2v) is 8.25. The molecule has 5 heteroatoms. The van der Waals surface area contributed by atoms with Gasteiger partial charge < -0.3 is 4.74 Å². The summed E-state index contributed by atoms with van der Waals surface area (Å²) in [5, 5.41) is 0. The zero-order chi connectivity index (χ0) is 18.7. The molecule has 2 aliphatic rings. The molecule has 0 aromatic heterocycles. The zero-order valence-corrected chi connectivity index (χ0v) is 16.2. The molecule has 4 rings (SSSR count). The lowest BCUT2D eigenvalue weighted by Crippen LogP contribution is -2.18. The lowest BCUT2D eigenvalue weighted by molar-refractivity contribution is 0.0856. The molecule has 1 heterocycles. The van der Waals surface area contributed by atoms with Crippen molar-refractivity contribution < 1.29 is 17.3 Å². The normalized spacial score (nSPS) is 18.7. The summed E-state index contributed by atoms with van der Waals surface area (Å²) in [5.41, 5.74) is 7.04. The van der Waals surface area contributed by atoms with Gasteiger partial charge in [0, 0.05) is 0 Å². The van der Waals surface area contributed by atoms with Crippen molar-refractivity contribution in [2.24, 2.45) is 0 Å². The molecule has 1 aliphatic heterocycles. The SMILES string of the molecule is CC1OCCC2=C1Cc1ccccc12.COS(=O)(=O)c1ccc(C)cc1. The second kappa shape index (κ2) is 7.74. The van der Waals surface area contributed by atoms with E-state index in [-0.39, 0.29) is 4.90 Å². The third-order valence-corrected chi connectivity index (χ3v) is 6.14. The van der Waals surface area contributed by atoms with Gasteiger partial charge in [-0.2, -0.15) is 8.42 Å². The van der Waals surface area contributed by atoms with E-state index in [0.717, 1.165) is 32.1 Å². The van der Waals surface area contributed by atoms with Crippen LogP contribution in [0.2, 0.25) is 0 Å². The molecule has 0 N–H and O–H groups in total. The fraction of sp³-hybridized carbons (Fsp3) is 0.333. The highest BCUT2D eigenvalue weighted by molar-refractivity contribution is 7.86. The van der Waals surface area contributed by atoms with Crippen molar-refractivity contribution >= 4 is 15.7 Å². The molecule has 138 valence electrons. The lowest BCUT2D eigenvalue weighted by atomic mass is 9.99. The van der Waals surface area contributed by atoms with Crippen LogP contribution in [0.25, 0.3) is 5.57 Å². The van der Waals surface area contributed by atoms with E-state index in [1.165, 1.54) is 28.8 Å². The summed E-state index contributed by atoms with van der Waals surface area (Å²) < 4.78 is 32.2. The third kappa shape index (κ3) is 3.90. The van der Waals surface area contributed by atoms with Crippen LogP contribution in [0.4, 0.5) is 0 Å². The van der Waals surface area contributed by atoms with Crippen LogP contribution in [0.3, 0.4) is 0 Å². The van der Waals surface area contributed by atoms with E-state index in [2.05, 4.69) is 35.4 Å². The second-order valence-electron chi connectivity index (χ2n) is 6.53. The Balaban J connectivity index is 0.000000153. The van der Waals surface area contributed by atoms with Crippen molar-refractivity contribution in [2.75, 3.05) is 13.7 Å².